The van der Waals surface area contributed by atoms with Crippen molar-refractivity contribution in [1.82, 2.24) is 14.9 Å². The third-order valence-electron chi connectivity index (χ3n) is 5.92. The van der Waals surface area contributed by atoms with Crippen LogP contribution in [-0.4, -0.2) is 46.6 Å². The van der Waals surface area contributed by atoms with E-state index in [1.807, 2.05) is 42.5 Å². The van der Waals surface area contributed by atoms with Crippen LogP contribution in [0.15, 0.2) is 42.5 Å². The Balaban J connectivity index is 1.37. The van der Waals surface area contributed by atoms with E-state index >= 15 is 0 Å². The van der Waals surface area contributed by atoms with Crippen LogP contribution in [0, 0.1) is 0 Å². The first kappa shape index (κ1) is 19.9. The van der Waals surface area contributed by atoms with Crippen LogP contribution in [0.5, 0.6) is 0 Å². The predicted molar refractivity (Wildman–Crippen MR) is 125 cm³/mol. The van der Waals surface area contributed by atoms with Gasteiger partial charge in [-0.05, 0) is 55.7 Å². The van der Waals surface area contributed by atoms with Crippen molar-refractivity contribution in [3.05, 3.63) is 58.1 Å². The SMILES string of the molecule is CC1CN(c2nc3ccccc3nc2NC2CC2)CCN1Cc1cc(Cl)ccc1Cl. The largest absolute Gasteiger partial charge is 0.364 e. The third kappa shape index (κ3) is 4.20. The molecule has 1 N–H and O–H groups in total. The van der Waals surface area contributed by atoms with E-state index in [2.05, 4.69) is 22.0 Å². The van der Waals surface area contributed by atoms with Crippen LogP contribution >= 0.6 is 23.2 Å². The molecule has 2 aromatic carbocycles. The van der Waals surface area contributed by atoms with Crippen LogP contribution in [0.4, 0.5) is 11.6 Å². The van der Waals surface area contributed by atoms with Gasteiger partial charge in [0.2, 0.25) is 0 Å². The minimum absolute atomic E-state index is 0.357. The van der Waals surface area contributed by atoms with Gasteiger partial charge in [-0.25, -0.2) is 9.97 Å². The average Bonchev–Trinajstić information content (AvgIpc) is 3.56. The first-order chi connectivity index (χ1) is 14.6. The summed E-state index contributed by atoms with van der Waals surface area (Å²) in [7, 11) is 0. The second-order valence-electron chi connectivity index (χ2n) is 8.30. The molecule has 5 rings (SSSR count). The van der Waals surface area contributed by atoms with E-state index in [9.17, 15) is 0 Å². The normalized spacial score (nSPS) is 20.0. The molecule has 1 unspecified atom stereocenters. The van der Waals surface area contributed by atoms with Crippen molar-refractivity contribution in [3.8, 4) is 0 Å². The first-order valence-electron chi connectivity index (χ1n) is 10.5. The Kier molecular flexibility index (Phi) is 5.44. The average molecular weight is 442 g/mol. The summed E-state index contributed by atoms with van der Waals surface area (Å²) in [6.07, 6.45) is 2.41. The number of hydrogen-bond donors (Lipinski definition) is 1. The Bertz CT molecular complexity index is 1070. The van der Waals surface area contributed by atoms with Gasteiger partial charge in [-0.1, -0.05) is 35.3 Å². The number of nitrogens with zero attached hydrogens (tertiary/aromatic N) is 4. The summed E-state index contributed by atoms with van der Waals surface area (Å²) in [5, 5.41) is 5.09. The summed E-state index contributed by atoms with van der Waals surface area (Å²) in [6, 6.07) is 14.7. The van der Waals surface area contributed by atoms with Gasteiger partial charge in [0.1, 0.15) is 0 Å². The molecule has 0 amide bonds. The lowest BCUT2D eigenvalue weighted by atomic mass is 10.1. The molecular formula is C23H25Cl2N5. The van der Waals surface area contributed by atoms with Gasteiger partial charge in [0.15, 0.2) is 11.6 Å². The Hall–Kier alpha value is -2.08. The van der Waals surface area contributed by atoms with Crippen LogP contribution in [0.25, 0.3) is 11.0 Å². The summed E-state index contributed by atoms with van der Waals surface area (Å²) in [5.74, 6) is 1.88. The lowest BCUT2D eigenvalue weighted by Gasteiger charge is -2.41. The van der Waals surface area contributed by atoms with Crippen LogP contribution in [-0.2, 0) is 6.54 Å². The molecule has 30 heavy (non-hydrogen) atoms. The predicted octanol–water partition coefficient (Wildman–Crippen LogP) is 5.22. The van der Waals surface area contributed by atoms with Gasteiger partial charge in [-0.2, -0.15) is 0 Å². The highest BCUT2D eigenvalue weighted by molar-refractivity contribution is 6.33. The molecule has 0 radical (unpaired) electrons. The molecule has 5 nitrogen and oxygen atoms in total. The van der Waals surface area contributed by atoms with Crippen molar-refractivity contribution >= 4 is 45.9 Å². The van der Waals surface area contributed by atoms with Gasteiger partial charge < -0.3 is 10.2 Å². The van der Waals surface area contributed by atoms with Crippen LogP contribution in [0.2, 0.25) is 10.0 Å². The van der Waals surface area contributed by atoms with Crippen molar-refractivity contribution in [2.45, 2.75) is 38.4 Å². The number of aromatic nitrogens is 2. The van der Waals surface area contributed by atoms with Crippen molar-refractivity contribution in [3.63, 3.8) is 0 Å². The van der Waals surface area contributed by atoms with E-state index in [0.29, 0.717) is 12.1 Å². The van der Waals surface area contributed by atoms with Gasteiger partial charge in [0, 0.05) is 48.3 Å². The maximum atomic E-state index is 6.40. The summed E-state index contributed by atoms with van der Waals surface area (Å²) < 4.78 is 0. The van der Waals surface area contributed by atoms with Gasteiger partial charge in [0.05, 0.1) is 11.0 Å². The minimum Gasteiger partial charge on any atom is -0.364 e. The molecule has 0 spiro atoms. The van der Waals surface area contributed by atoms with Gasteiger partial charge >= 0.3 is 0 Å². The monoisotopic (exact) mass is 441 g/mol. The molecule has 1 aromatic heterocycles. The summed E-state index contributed by atoms with van der Waals surface area (Å²) in [4.78, 5) is 14.7. The van der Waals surface area contributed by atoms with Crippen LogP contribution < -0.4 is 10.2 Å². The zero-order valence-electron chi connectivity index (χ0n) is 17.0. The zero-order chi connectivity index (χ0) is 20.7. The van der Waals surface area contributed by atoms with Gasteiger partial charge in [0.25, 0.3) is 0 Å². The Labute approximate surface area is 187 Å². The number of benzene rings is 2. The smallest absolute Gasteiger partial charge is 0.172 e. The van der Waals surface area contributed by atoms with E-state index in [1.54, 1.807) is 0 Å². The number of halogens is 2. The van der Waals surface area contributed by atoms with E-state index in [4.69, 9.17) is 33.2 Å². The number of anilines is 2. The molecule has 1 saturated heterocycles. The number of nitrogens with one attached hydrogen (secondary N) is 1. The van der Waals surface area contributed by atoms with Crippen LogP contribution in [0.3, 0.4) is 0 Å². The summed E-state index contributed by atoms with van der Waals surface area (Å²) in [5.41, 5.74) is 2.95. The van der Waals surface area contributed by atoms with Crippen molar-refractivity contribution in [1.29, 1.82) is 0 Å². The van der Waals surface area contributed by atoms with Crippen molar-refractivity contribution in [2.75, 3.05) is 29.9 Å². The number of hydrogen-bond acceptors (Lipinski definition) is 5. The van der Waals surface area contributed by atoms with Gasteiger partial charge in [-0.15, -0.1) is 0 Å². The molecular weight excluding hydrogens is 417 g/mol. The lowest BCUT2D eigenvalue weighted by Crippen LogP contribution is -2.52. The molecule has 1 aliphatic carbocycles. The van der Waals surface area contributed by atoms with E-state index in [0.717, 1.165) is 64.5 Å². The molecule has 1 saturated carbocycles. The quantitative estimate of drug-likeness (QED) is 0.587. The van der Waals surface area contributed by atoms with E-state index in [1.165, 1.54) is 12.8 Å². The fourth-order valence-corrected chi connectivity index (χ4v) is 4.41. The topological polar surface area (TPSA) is 44.3 Å². The molecule has 2 aliphatic rings. The maximum Gasteiger partial charge on any atom is 0.172 e. The highest BCUT2D eigenvalue weighted by Crippen LogP contribution is 2.32. The molecule has 7 heteroatoms. The minimum atomic E-state index is 0.357. The first-order valence-corrected chi connectivity index (χ1v) is 11.3. The van der Waals surface area contributed by atoms with Gasteiger partial charge in [-0.3, -0.25) is 4.90 Å². The highest BCUT2D eigenvalue weighted by Gasteiger charge is 2.29. The van der Waals surface area contributed by atoms with Crippen molar-refractivity contribution in [2.24, 2.45) is 0 Å². The summed E-state index contributed by atoms with van der Waals surface area (Å²) >= 11 is 12.6. The molecule has 156 valence electrons. The van der Waals surface area contributed by atoms with E-state index < -0.39 is 0 Å². The Morgan fingerprint density at radius 2 is 1.80 bits per heavy atom. The molecule has 0 bridgehead atoms. The molecule has 2 fully saturated rings. The lowest BCUT2D eigenvalue weighted by molar-refractivity contribution is 0.180. The standard InChI is InChI=1S/C23H25Cl2N5/c1-15-13-30(11-10-29(15)14-16-12-17(24)6-9-19(16)25)23-22(26-18-7-8-18)27-20-4-2-3-5-21(20)28-23/h2-6,9,12,15,18H,7-8,10-11,13-14H2,1H3,(H,26,27). The second-order valence-corrected chi connectivity index (χ2v) is 9.15. The highest BCUT2D eigenvalue weighted by atomic mass is 35.5. The Morgan fingerprint density at radius 1 is 1.03 bits per heavy atom. The van der Waals surface area contributed by atoms with Crippen LogP contribution in [0.1, 0.15) is 25.3 Å². The fourth-order valence-electron chi connectivity index (χ4n) is 4.03. The number of piperazine rings is 1. The molecule has 3 aromatic rings. The third-order valence-corrected chi connectivity index (χ3v) is 6.52. The van der Waals surface area contributed by atoms with E-state index in [-0.39, 0.29) is 0 Å². The Morgan fingerprint density at radius 3 is 2.53 bits per heavy atom. The fraction of sp³-hybridized carbons (Fsp3) is 0.391. The molecule has 1 atom stereocenters. The summed E-state index contributed by atoms with van der Waals surface area (Å²) in [6.45, 7) is 5.78. The molecule has 1 aliphatic heterocycles. The maximum absolute atomic E-state index is 6.40. The van der Waals surface area contributed by atoms with Crippen molar-refractivity contribution < 1.29 is 0 Å². The number of para-hydroxylation sites is 2. The zero-order valence-corrected chi connectivity index (χ0v) is 18.5. The second kappa shape index (κ2) is 8.22. The molecule has 2 heterocycles. The number of rotatable bonds is 5. The number of fused-ring (bicyclic) bond motifs is 1.